The van der Waals surface area contributed by atoms with Gasteiger partial charge < -0.3 is 10.2 Å². The summed E-state index contributed by atoms with van der Waals surface area (Å²) >= 11 is 0. The second-order valence-electron chi connectivity index (χ2n) is 6.58. The molecule has 0 radical (unpaired) electrons. The average molecular weight is 392 g/mol. The number of nitrogens with zero attached hydrogens (tertiary/aromatic N) is 2. The van der Waals surface area contributed by atoms with Gasteiger partial charge in [0.05, 0.1) is 9.82 Å². The van der Waals surface area contributed by atoms with Gasteiger partial charge in [-0.15, -0.1) is 0 Å². The molecule has 0 heterocycles. The van der Waals surface area contributed by atoms with Crippen LogP contribution in [0.3, 0.4) is 0 Å². The lowest BCUT2D eigenvalue weighted by atomic mass is 10.1. The van der Waals surface area contributed by atoms with Crippen LogP contribution in [0.1, 0.15) is 11.1 Å². The summed E-state index contributed by atoms with van der Waals surface area (Å²) in [6.45, 7) is 4.55. The van der Waals surface area contributed by atoms with Gasteiger partial charge in [0, 0.05) is 24.8 Å². The fourth-order valence-electron chi connectivity index (χ4n) is 2.44. The lowest BCUT2D eigenvalue weighted by Gasteiger charge is -2.13. The SMILES string of the molecule is Cc1ccc(C)c(Nc2ccc(S(=O)(=O)NCCN(C)C)cc2[N+](=O)[O-])c1. The van der Waals surface area contributed by atoms with Crippen LogP contribution in [-0.4, -0.2) is 45.4 Å². The molecule has 0 bridgehead atoms. The number of nitro benzene ring substituents is 1. The highest BCUT2D eigenvalue weighted by Crippen LogP contribution is 2.31. The van der Waals surface area contributed by atoms with Crippen molar-refractivity contribution in [1.29, 1.82) is 0 Å². The van der Waals surface area contributed by atoms with Gasteiger partial charge in [0.1, 0.15) is 5.69 Å². The molecular formula is C18H24N4O4S. The molecule has 2 aromatic carbocycles. The maximum atomic E-state index is 12.4. The largest absolute Gasteiger partial charge is 0.350 e. The van der Waals surface area contributed by atoms with Crippen molar-refractivity contribution in [2.75, 3.05) is 32.5 Å². The Morgan fingerprint density at radius 2 is 1.78 bits per heavy atom. The van der Waals surface area contributed by atoms with E-state index in [4.69, 9.17) is 0 Å². The van der Waals surface area contributed by atoms with E-state index in [-0.39, 0.29) is 22.8 Å². The predicted molar refractivity (Wildman–Crippen MR) is 106 cm³/mol. The molecule has 0 saturated carbocycles. The van der Waals surface area contributed by atoms with E-state index in [9.17, 15) is 18.5 Å². The lowest BCUT2D eigenvalue weighted by molar-refractivity contribution is -0.384. The Kier molecular flexibility index (Phi) is 6.53. The van der Waals surface area contributed by atoms with Gasteiger partial charge in [0.15, 0.2) is 0 Å². The van der Waals surface area contributed by atoms with Gasteiger partial charge in [-0.1, -0.05) is 12.1 Å². The molecule has 146 valence electrons. The standard InChI is InChI=1S/C18H24N4O4S/c1-13-5-6-14(2)17(11-13)20-16-8-7-15(12-18(16)22(23)24)27(25,26)19-9-10-21(3)4/h5-8,11-12,19-20H,9-10H2,1-4H3. The molecule has 0 aliphatic carbocycles. The van der Waals surface area contributed by atoms with Crippen LogP contribution >= 0.6 is 0 Å². The van der Waals surface area contributed by atoms with Crippen LogP contribution in [0.2, 0.25) is 0 Å². The number of rotatable bonds is 8. The highest BCUT2D eigenvalue weighted by Gasteiger charge is 2.21. The average Bonchev–Trinajstić information content (AvgIpc) is 2.57. The zero-order valence-corrected chi connectivity index (χ0v) is 16.6. The molecule has 0 aromatic heterocycles. The summed E-state index contributed by atoms with van der Waals surface area (Å²) in [6, 6.07) is 9.60. The van der Waals surface area contributed by atoms with Crippen molar-refractivity contribution in [3.63, 3.8) is 0 Å². The number of benzene rings is 2. The highest BCUT2D eigenvalue weighted by atomic mass is 32.2. The fourth-order valence-corrected chi connectivity index (χ4v) is 3.48. The van der Waals surface area contributed by atoms with Crippen molar-refractivity contribution in [2.45, 2.75) is 18.7 Å². The Morgan fingerprint density at radius 1 is 1.07 bits per heavy atom. The number of anilines is 2. The molecule has 0 spiro atoms. The normalized spacial score (nSPS) is 11.6. The van der Waals surface area contributed by atoms with Crippen molar-refractivity contribution in [2.24, 2.45) is 0 Å². The van der Waals surface area contributed by atoms with E-state index in [0.717, 1.165) is 22.9 Å². The summed E-state index contributed by atoms with van der Waals surface area (Å²) in [5.41, 5.74) is 2.61. The summed E-state index contributed by atoms with van der Waals surface area (Å²) < 4.78 is 27.2. The summed E-state index contributed by atoms with van der Waals surface area (Å²) in [5.74, 6) is 0. The first-order chi connectivity index (χ1) is 12.6. The minimum atomic E-state index is -3.83. The summed E-state index contributed by atoms with van der Waals surface area (Å²) in [7, 11) is -0.173. The third kappa shape index (κ3) is 5.49. The molecule has 0 unspecified atom stereocenters. The molecule has 0 atom stereocenters. The van der Waals surface area contributed by atoms with Gasteiger partial charge >= 0.3 is 0 Å². The van der Waals surface area contributed by atoms with Crippen LogP contribution in [0, 0.1) is 24.0 Å². The predicted octanol–water partition coefficient (Wildman–Crippen LogP) is 2.80. The number of sulfonamides is 1. The summed E-state index contributed by atoms with van der Waals surface area (Å²) in [5, 5.41) is 14.5. The van der Waals surface area contributed by atoms with Gasteiger partial charge in [-0.2, -0.15) is 0 Å². The van der Waals surface area contributed by atoms with Crippen LogP contribution in [0.25, 0.3) is 0 Å². The minimum Gasteiger partial charge on any atom is -0.350 e. The van der Waals surface area contributed by atoms with E-state index in [0.29, 0.717) is 6.54 Å². The summed E-state index contributed by atoms with van der Waals surface area (Å²) in [4.78, 5) is 12.6. The Morgan fingerprint density at radius 3 is 2.41 bits per heavy atom. The van der Waals surface area contributed by atoms with Gasteiger partial charge in [0.2, 0.25) is 10.0 Å². The molecule has 0 saturated heterocycles. The molecule has 8 nitrogen and oxygen atoms in total. The van der Waals surface area contributed by atoms with Crippen LogP contribution in [0.4, 0.5) is 17.1 Å². The van der Waals surface area contributed by atoms with Crippen LogP contribution in [-0.2, 0) is 10.0 Å². The Labute approximate surface area is 159 Å². The minimum absolute atomic E-state index is 0.139. The highest BCUT2D eigenvalue weighted by molar-refractivity contribution is 7.89. The zero-order chi connectivity index (χ0) is 20.2. The van der Waals surface area contributed by atoms with E-state index in [1.807, 2.05) is 51.0 Å². The Balaban J connectivity index is 2.34. The van der Waals surface area contributed by atoms with Gasteiger partial charge in [-0.3, -0.25) is 10.1 Å². The number of hydrogen-bond acceptors (Lipinski definition) is 6. The maximum absolute atomic E-state index is 12.4. The van der Waals surface area contributed by atoms with Crippen molar-refractivity contribution in [3.05, 3.63) is 57.6 Å². The van der Waals surface area contributed by atoms with Crippen molar-refractivity contribution in [1.82, 2.24) is 9.62 Å². The van der Waals surface area contributed by atoms with Gasteiger partial charge in [-0.25, -0.2) is 13.1 Å². The monoisotopic (exact) mass is 392 g/mol. The van der Waals surface area contributed by atoms with Crippen molar-refractivity contribution < 1.29 is 13.3 Å². The Hall–Kier alpha value is -2.49. The van der Waals surface area contributed by atoms with Crippen molar-refractivity contribution in [3.8, 4) is 0 Å². The third-order valence-electron chi connectivity index (χ3n) is 3.99. The van der Waals surface area contributed by atoms with Gasteiger partial charge in [-0.05, 0) is 57.3 Å². The van der Waals surface area contributed by atoms with Crippen LogP contribution in [0.15, 0.2) is 41.3 Å². The molecule has 2 N–H and O–H groups in total. The number of hydrogen-bond donors (Lipinski definition) is 2. The second-order valence-corrected chi connectivity index (χ2v) is 8.35. The number of aryl methyl sites for hydroxylation is 2. The molecular weight excluding hydrogens is 368 g/mol. The van der Waals surface area contributed by atoms with E-state index in [1.54, 1.807) is 0 Å². The zero-order valence-electron chi connectivity index (χ0n) is 15.8. The van der Waals surface area contributed by atoms with E-state index < -0.39 is 14.9 Å². The molecule has 27 heavy (non-hydrogen) atoms. The molecule has 0 aliphatic rings. The first kappa shape index (κ1) is 20.8. The Bertz CT molecular complexity index is 942. The molecule has 0 amide bonds. The molecule has 2 aromatic rings. The smallest absolute Gasteiger partial charge is 0.294 e. The topological polar surface area (TPSA) is 105 Å². The number of nitro groups is 1. The van der Waals surface area contributed by atoms with E-state index >= 15 is 0 Å². The fraction of sp³-hybridized carbons (Fsp3) is 0.333. The first-order valence-corrected chi connectivity index (χ1v) is 9.85. The lowest BCUT2D eigenvalue weighted by Crippen LogP contribution is -2.31. The molecule has 0 aliphatic heterocycles. The van der Waals surface area contributed by atoms with Gasteiger partial charge in [0.25, 0.3) is 5.69 Å². The molecule has 0 fully saturated rings. The quantitative estimate of drug-likeness (QED) is 0.529. The second kappa shape index (κ2) is 8.47. The first-order valence-electron chi connectivity index (χ1n) is 8.37. The van der Waals surface area contributed by atoms with Crippen LogP contribution < -0.4 is 10.0 Å². The van der Waals surface area contributed by atoms with E-state index in [1.165, 1.54) is 12.1 Å². The van der Waals surface area contributed by atoms with Crippen LogP contribution in [0.5, 0.6) is 0 Å². The molecule has 2 rings (SSSR count). The molecule has 9 heteroatoms. The number of nitrogens with one attached hydrogen (secondary N) is 2. The number of likely N-dealkylation sites (N-methyl/N-ethyl adjacent to an activating group) is 1. The van der Waals surface area contributed by atoms with E-state index in [2.05, 4.69) is 10.0 Å². The maximum Gasteiger partial charge on any atom is 0.294 e. The summed E-state index contributed by atoms with van der Waals surface area (Å²) in [6.07, 6.45) is 0. The third-order valence-corrected chi connectivity index (χ3v) is 5.45. The van der Waals surface area contributed by atoms with Crippen molar-refractivity contribution >= 4 is 27.1 Å².